The van der Waals surface area contributed by atoms with Crippen molar-refractivity contribution in [1.82, 2.24) is 9.80 Å². The lowest BCUT2D eigenvalue weighted by Gasteiger charge is -2.36. The molecule has 0 radical (unpaired) electrons. The summed E-state index contributed by atoms with van der Waals surface area (Å²) in [4.78, 5) is 31.5. The van der Waals surface area contributed by atoms with Crippen LogP contribution in [0.5, 0.6) is 11.5 Å². The summed E-state index contributed by atoms with van der Waals surface area (Å²) in [5.41, 5.74) is 1.01. The average molecular weight is 443 g/mol. The summed E-state index contributed by atoms with van der Waals surface area (Å²) in [5.74, 6) is 1.54. The Morgan fingerprint density at radius 2 is 1.71 bits per heavy atom. The second-order valence-corrected chi connectivity index (χ2v) is 9.13. The van der Waals surface area contributed by atoms with Gasteiger partial charge in [-0.2, -0.15) is 0 Å². The van der Waals surface area contributed by atoms with Gasteiger partial charge in [-0.25, -0.2) is 0 Å². The Bertz CT molecular complexity index is 969. The molecular weight excluding hydrogens is 416 g/mol. The minimum absolute atomic E-state index is 0.00766. The lowest BCUT2D eigenvalue weighted by Crippen LogP contribution is -2.49. The monoisotopic (exact) mass is 442 g/mol. The molecule has 1 unspecified atom stereocenters. The highest BCUT2D eigenvalue weighted by molar-refractivity contribution is 7.17. The van der Waals surface area contributed by atoms with Gasteiger partial charge in [0.15, 0.2) is 11.5 Å². The molecule has 31 heavy (non-hydrogen) atoms. The van der Waals surface area contributed by atoms with E-state index >= 15 is 0 Å². The highest BCUT2D eigenvalue weighted by Crippen LogP contribution is 2.37. The van der Waals surface area contributed by atoms with Crippen molar-refractivity contribution in [2.24, 2.45) is 5.92 Å². The summed E-state index contributed by atoms with van der Waals surface area (Å²) in [5, 5.41) is 0. The number of carbonyl (C=O) groups is 2. The fourth-order valence-corrected chi connectivity index (χ4v) is 5.34. The molecule has 2 fully saturated rings. The normalized spacial score (nSPS) is 21.1. The van der Waals surface area contributed by atoms with Gasteiger partial charge in [-0.1, -0.05) is 0 Å². The molecule has 0 N–H and O–H groups in total. The SMILES string of the molecule is O=C(c1ccc(-c2ccc3c(c2)OCCO3)s1)N1CCCC(C(=O)N2CCOCC2)C1. The standard InChI is InChI=1S/C23H26N2O5S/c26-22(24-8-10-28-11-9-24)17-2-1-7-25(15-17)23(27)21-6-5-20(31-21)16-3-4-18-19(14-16)30-13-12-29-18/h3-6,14,17H,1-2,7-13,15H2. The zero-order valence-corrected chi connectivity index (χ0v) is 18.2. The van der Waals surface area contributed by atoms with E-state index in [1.807, 2.05) is 40.1 Å². The molecule has 7 nitrogen and oxygen atoms in total. The van der Waals surface area contributed by atoms with E-state index in [-0.39, 0.29) is 17.7 Å². The number of amides is 2. The highest BCUT2D eigenvalue weighted by atomic mass is 32.1. The zero-order chi connectivity index (χ0) is 21.2. The molecule has 2 aromatic rings. The van der Waals surface area contributed by atoms with E-state index in [9.17, 15) is 9.59 Å². The molecule has 1 aromatic heterocycles. The quantitative estimate of drug-likeness (QED) is 0.731. The molecule has 5 rings (SSSR count). The second kappa shape index (κ2) is 8.88. The van der Waals surface area contributed by atoms with Crippen LogP contribution in [-0.2, 0) is 9.53 Å². The maximum Gasteiger partial charge on any atom is 0.263 e. The summed E-state index contributed by atoms with van der Waals surface area (Å²) in [6.45, 7) is 4.78. The number of rotatable bonds is 3. The maximum absolute atomic E-state index is 13.2. The Hall–Kier alpha value is -2.58. The van der Waals surface area contributed by atoms with Crippen molar-refractivity contribution in [2.75, 3.05) is 52.6 Å². The van der Waals surface area contributed by atoms with Gasteiger partial charge in [0.25, 0.3) is 5.91 Å². The number of morpholine rings is 1. The number of piperidine rings is 1. The summed E-state index contributed by atoms with van der Waals surface area (Å²) in [7, 11) is 0. The third-order valence-corrected chi connectivity index (χ3v) is 7.15. The Morgan fingerprint density at radius 3 is 2.55 bits per heavy atom. The van der Waals surface area contributed by atoms with Crippen molar-refractivity contribution in [3.8, 4) is 21.9 Å². The maximum atomic E-state index is 13.2. The number of nitrogens with zero attached hydrogens (tertiary/aromatic N) is 2. The van der Waals surface area contributed by atoms with Gasteiger partial charge in [-0.15, -0.1) is 11.3 Å². The molecule has 0 spiro atoms. The van der Waals surface area contributed by atoms with E-state index in [2.05, 4.69) is 0 Å². The largest absolute Gasteiger partial charge is 0.486 e. The van der Waals surface area contributed by atoms with Gasteiger partial charge in [0.2, 0.25) is 5.91 Å². The summed E-state index contributed by atoms with van der Waals surface area (Å²) >= 11 is 1.48. The van der Waals surface area contributed by atoms with Crippen LogP contribution < -0.4 is 9.47 Å². The van der Waals surface area contributed by atoms with Crippen molar-refractivity contribution in [1.29, 1.82) is 0 Å². The van der Waals surface area contributed by atoms with Crippen LogP contribution in [-0.4, -0.2) is 74.2 Å². The van der Waals surface area contributed by atoms with Crippen molar-refractivity contribution in [3.63, 3.8) is 0 Å². The second-order valence-electron chi connectivity index (χ2n) is 8.05. The Morgan fingerprint density at radius 1 is 0.903 bits per heavy atom. The van der Waals surface area contributed by atoms with Crippen LogP contribution in [0.15, 0.2) is 30.3 Å². The molecule has 3 aliphatic rings. The van der Waals surface area contributed by atoms with Gasteiger partial charge >= 0.3 is 0 Å². The average Bonchev–Trinajstić information content (AvgIpc) is 3.34. The minimum Gasteiger partial charge on any atom is -0.486 e. The van der Waals surface area contributed by atoms with E-state index in [4.69, 9.17) is 14.2 Å². The number of hydrogen-bond donors (Lipinski definition) is 0. The first-order valence-corrected chi connectivity index (χ1v) is 11.7. The first kappa shape index (κ1) is 20.3. The van der Waals surface area contributed by atoms with Crippen LogP contribution in [0.2, 0.25) is 0 Å². The number of hydrogen-bond acceptors (Lipinski definition) is 6. The molecule has 4 heterocycles. The highest BCUT2D eigenvalue weighted by Gasteiger charge is 2.32. The third-order valence-electron chi connectivity index (χ3n) is 6.02. The number of fused-ring (bicyclic) bond motifs is 1. The van der Waals surface area contributed by atoms with Crippen LogP contribution in [0.4, 0.5) is 0 Å². The molecule has 164 valence electrons. The van der Waals surface area contributed by atoms with Crippen molar-refractivity contribution in [3.05, 3.63) is 35.2 Å². The fourth-order valence-electron chi connectivity index (χ4n) is 4.37. The van der Waals surface area contributed by atoms with E-state index in [1.54, 1.807) is 0 Å². The van der Waals surface area contributed by atoms with Gasteiger partial charge in [0.1, 0.15) is 13.2 Å². The number of carbonyl (C=O) groups excluding carboxylic acids is 2. The topological polar surface area (TPSA) is 68.3 Å². The smallest absolute Gasteiger partial charge is 0.263 e. The molecule has 1 aromatic carbocycles. The number of benzene rings is 1. The molecule has 2 amide bonds. The zero-order valence-electron chi connectivity index (χ0n) is 17.4. The summed E-state index contributed by atoms with van der Waals surface area (Å²) < 4.78 is 16.6. The van der Waals surface area contributed by atoms with Gasteiger partial charge in [0.05, 0.1) is 24.0 Å². The van der Waals surface area contributed by atoms with Crippen LogP contribution >= 0.6 is 11.3 Å². The Labute approximate surface area is 185 Å². The van der Waals surface area contributed by atoms with Crippen LogP contribution in [0.1, 0.15) is 22.5 Å². The van der Waals surface area contributed by atoms with Crippen molar-refractivity contribution < 1.29 is 23.8 Å². The number of thiophene rings is 1. The molecule has 2 saturated heterocycles. The molecule has 0 bridgehead atoms. The summed E-state index contributed by atoms with van der Waals surface area (Å²) in [6.07, 6.45) is 1.69. The first-order chi connectivity index (χ1) is 15.2. The van der Waals surface area contributed by atoms with Gasteiger partial charge in [0, 0.05) is 31.1 Å². The lowest BCUT2D eigenvalue weighted by molar-refractivity contribution is -0.141. The molecule has 1 atom stereocenters. The van der Waals surface area contributed by atoms with Gasteiger partial charge in [-0.3, -0.25) is 9.59 Å². The van der Waals surface area contributed by atoms with E-state index in [0.29, 0.717) is 57.5 Å². The van der Waals surface area contributed by atoms with Crippen LogP contribution in [0.3, 0.4) is 0 Å². The molecule has 8 heteroatoms. The molecule has 0 saturated carbocycles. The van der Waals surface area contributed by atoms with Crippen LogP contribution in [0, 0.1) is 5.92 Å². The Balaban J connectivity index is 1.27. The predicted molar refractivity (Wildman–Crippen MR) is 117 cm³/mol. The summed E-state index contributed by atoms with van der Waals surface area (Å²) in [6, 6.07) is 9.73. The fraction of sp³-hybridized carbons (Fsp3) is 0.478. The molecular formula is C23H26N2O5S. The molecule has 3 aliphatic heterocycles. The number of likely N-dealkylation sites (tertiary alicyclic amines) is 1. The minimum atomic E-state index is -0.118. The predicted octanol–water partition coefficient (Wildman–Crippen LogP) is 2.90. The lowest BCUT2D eigenvalue weighted by atomic mass is 9.96. The van der Waals surface area contributed by atoms with E-state index in [1.165, 1.54) is 11.3 Å². The first-order valence-electron chi connectivity index (χ1n) is 10.8. The van der Waals surface area contributed by atoms with E-state index in [0.717, 1.165) is 34.8 Å². The molecule has 0 aliphatic carbocycles. The van der Waals surface area contributed by atoms with Gasteiger partial charge in [-0.05, 0) is 48.7 Å². The van der Waals surface area contributed by atoms with E-state index < -0.39 is 0 Å². The number of ether oxygens (including phenoxy) is 3. The van der Waals surface area contributed by atoms with Crippen molar-refractivity contribution in [2.45, 2.75) is 12.8 Å². The van der Waals surface area contributed by atoms with Crippen LogP contribution in [0.25, 0.3) is 10.4 Å². The van der Waals surface area contributed by atoms with Gasteiger partial charge < -0.3 is 24.0 Å². The third kappa shape index (κ3) is 4.27. The van der Waals surface area contributed by atoms with Crippen molar-refractivity contribution >= 4 is 23.2 Å². The Kier molecular flexibility index (Phi) is 5.82.